The summed E-state index contributed by atoms with van der Waals surface area (Å²) in [4.78, 5) is 20.7. The molecule has 0 aromatic rings. The molecule has 0 radical (unpaired) electrons. The Bertz CT molecular complexity index is 345. The SMILES string of the molecule is CN/C=C(\C=N)N(C)/N=C(C=O)\C=C/C=O. The maximum absolute atomic E-state index is 10.6. The molecule has 0 aromatic heterocycles. The van der Waals surface area contributed by atoms with E-state index in [1.807, 2.05) is 0 Å². The minimum absolute atomic E-state index is 0.0958. The number of hydrazone groups is 1. The van der Waals surface area contributed by atoms with Crippen LogP contribution in [0.3, 0.4) is 0 Å². The Morgan fingerprint density at radius 3 is 2.56 bits per heavy atom. The van der Waals surface area contributed by atoms with Crippen molar-refractivity contribution in [1.29, 1.82) is 5.41 Å². The normalized spacial score (nSPS) is 12.4. The number of rotatable bonds is 7. The Kier molecular flexibility index (Phi) is 6.97. The number of hydrogen-bond donors (Lipinski definition) is 2. The van der Waals surface area contributed by atoms with E-state index >= 15 is 0 Å². The average molecular weight is 222 g/mol. The second kappa shape index (κ2) is 8.10. The Balaban J connectivity index is 4.88. The Morgan fingerprint density at radius 1 is 1.44 bits per heavy atom. The van der Waals surface area contributed by atoms with E-state index in [4.69, 9.17) is 5.41 Å². The number of nitrogens with zero attached hydrogens (tertiary/aromatic N) is 2. The number of nitrogens with one attached hydrogen (secondary N) is 2. The summed E-state index contributed by atoms with van der Waals surface area (Å²) in [5.41, 5.74) is 0.569. The predicted molar refractivity (Wildman–Crippen MR) is 62.4 cm³/mol. The lowest BCUT2D eigenvalue weighted by molar-refractivity contribution is -0.104. The van der Waals surface area contributed by atoms with Gasteiger partial charge in [0.1, 0.15) is 12.0 Å². The molecule has 0 unspecified atom stereocenters. The van der Waals surface area contributed by atoms with Crippen molar-refractivity contribution in [2.24, 2.45) is 5.10 Å². The van der Waals surface area contributed by atoms with Crippen LogP contribution in [0.2, 0.25) is 0 Å². The maximum atomic E-state index is 10.6. The summed E-state index contributed by atoms with van der Waals surface area (Å²) in [6.07, 6.45) is 6.19. The van der Waals surface area contributed by atoms with Crippen molar-refractivity contribution in [1.82, 2.24) is 10.3 Å². The molecule has 0 saturated carbocycles. The molecule has 0 saturated heterocycles. The molecule has 0 aromatic carbocycles. The Morgan fingerprint density at radius 2 is 2.12 bits per heavy atom. The second-order valence-electron chi connectivity index (χ2n) is 2.66. The summed E-state index contributed by atoms with van der Waals surface area (Å²) in [7, 11) is 3.28. The third-order valence-electron chi connectivity index (χ3n) is 1.55. The van der Waals surface area contributed by atoms with Gasteiger partial charge >= 0.3 is 0 Å². The summed E-state index contributed by atoms with van der Waals surface area (Å²) < 4.78 is 0. The molecule has 0 amide bonds. The topological polar surface area (TPSA) is 85.6 Å². The van der Waals surface area contributed by atoms with E-state index in [0.29, 0.717) is 18.3 Å². The summed E-state index contributed by atoms with van der Waals surface area (Å²) in [6, 6.07) is 0. The lowest BCUT2D eigenvalue weighted by atomic mass is 10.4. The zero-order valence-electron chi connectivity index (χ0n) is 9.18. The summed E-state index contributed by atoms with van der Waals surface area (Å²) in [5, 5.41) is 15.1. The molecule has 0 aliphatic heterocycles. The highest BCUT2D eigenvalue weighted by Crippen LogP contribution is 1.98. The first-order valence-corrected chi connectivity index (χ1v) is 4.46. The molecule has 0 spiro atoms. The molecule has 0 fully saturated rings. The monoisotopic (exact) mass is 222 g/mol. The molecular formula is C10H14N4O2. The summed E-state index contributed by atoms with van der Waals surface area (Å²) in [6.45, 7) is 0. The molecule has 16 heavy (non-hydrogen) atoms. The third kappa shape index (κ3) is 4.85. The fourth-order valence-corrected chi connectivity index (χ4v) is 0.841. The molecule has 2 N–H and O–H groups in total. The van der Waals surface area contributed by atoms with Crippen LogP contribution < -0.4 is 5.32 Å². The van der Waals surface area contributed by atoms with Crippen molar-refractivity contribution in [3.63, 3.8) is 0 Å². The number of carbonyl (C=O) groups excluding carboxylic acids is 2. The van der Waals surface area contributed by atoms with Crippen LogP contribution in [0.5, 0.6) is 0 Å². The molecule has 0 aliphatic carbocycles. The number of aldehydes is 2. The fourth-order valence-electron chi connectivity index (χ4n) is 0.841. The average Bonchev–Trinajstić information content (AvgIpc) is 2.30. The standard InChI is InChI=1S/C10H14N4O2/c1-12-7-10(6-11)14(2)13-9(8-16)4-3-5-15/h3-8,11-12H,1-2H3/b4-3-,10-7+,11-6?,13-9+. The van der Waals surface area contributed by atoms with Crippen molar-refractivity contribution in [3.05, 3.63) is 24.0 Å². The van der Waals surface area contributed by atoms with Crippen molar-refractivity contribution < 1.29 is 9.59 Å². The largest absolute Gasteiger partial charge is 0.392 e. The highest BCUT2D eigenvalue weighted by atomic mass is 16.1. The van der Waals surface area contributed by atoms with E-state index in [-0.39, 0.29) is 5.71 Å². The van der Waals surface area contributed by atoms with Crippen LogP contribution in [0.15, 0.2) is 29.2 Å². The van der Waals surface area contributed by atoms with Crippen molar-refractivity contribution in [2.75, 3.05) is 14.1 Å². The molecule has 0 rings (SSSR count). The van der Waals surface area contributed by atoms with Gasteiger partial charge in [0.2, 0.25) is 0 Å². The van der Waals surface area contributed by atoms with Gasteiger partial charge in [0.05, 0.1) is 5.70 Å². The van der Waals surface area contributed by atoms with Crippen LogP contribution in [-0.2, 0) is 9.59 Å². The van der Waals surface area contributed by atoms with Gasteiger partial charge in [-0.15, -0.1) is 0 Å². The van der Waals surface area contributed by atoms with Gasteiger partial charge < -0.3 is 10.7 Å². The van der Waals surface area contributed by atoms with Gasteiger partial charge in [-0.25, -0.2) is 0 Å². The smallest absolute Gasteiger partial charge is 0.170 e. The first kappa shape index (κ1) is 13.8. The van der Waals surface area contributed by atoms with E-state index in [1.54, 1.807) is 20.3 Å². The summed E-state index contributed by atoms with van der Waals surface area (Å²) in [5.74, 6) is 0. The molecular weight excluding hydrogens is 208 g/mol. The molecule has 0 atom stereocenters. The predicted octanol–water partition coefficient (Wildman–Crippen LogP) is -0.0614. The van der Waals surface area contributed by atoms with E-state index in [1.165, 1.54) is 17.2 Å². The minimum atomic E-state index is 0.0958. The molecule has 0 heterocycles. The Hall–Kier alpha value is -2.24. The van der Waals surface area contributed by atoms with Gasteiger partial charge in [0.25, 0.3) is 0 Å². The van der Waals surface area contributed by atoms with Crippen LogP contribution in [0.25, 0.3) is 0 Å². The molecule has 0 bridgehead atoms. The third-order valence-corrected chi connectivity index (χ3v) is 1.55. The Labute approximate surface area is 93.8 Å². The first-order chi connectivity index (χ1) is 7.69. The maximum Gasteiger partial charge on any atom is 0.170 e. The van der Waals surface area contributed by atoms with Crippen molar-refractivity contribution in [2.45, 2.75) is 0 Å². The van der Waals surface area contributed by atoms with Gasteiger partial charge in [0, 0.05) is 26.5 Å². The second-order valence-corrected chi connectivity index (χ2v) is 2.66. The zero-order chi connectivity index (χ0) is 12.4. The van der Waals surface area contributed by atoms with Crippen LogP contribution in [-0.4, -0.2) is 43.6 Å². The van der Waals surface area contributed by atoms with E-state index < -0.39 is 0 Å². The number of allylic oxidation sites excluding steroid dienone is 3. The molecule has 6 nitrogen and oxygen atoms in total. The van der Waals surface area contributed by atoms with Gasteiger partial charge in [0.15, 0.2) is 6.29 Å². The van der Waals surface area contributed by atoms with Gasteiger partial charge in [-0.3, -0.25) is 14.6 Å². The van der Waals surface area contributed by atoms with E-state index in [2.05, 4.69) is 10.4 Å². The van der Waals surface area contributed by atoms with Crippen LogP contribution >= 0.6 is 0 Å². The van der Waals surface area contributed by atoms with Gasteiger partial charge in [-0.1, -0.05) is 0 Å². The quantitative estimate of drug-likeness (QED) is 0.273. The van der Waals surface area contributed by atoms with Crippen molar-refractivity contribution >= 4 is 24.5 Å². The first-order valence-electron chi connectivity index (χ1n) is 4.46. The molecule has 0 aliphatic rings. The number of hydrogen-bond acceptors (Lipinski definition) is 6. The van der Waals surface area contributed by atoms with Gasteiger partial charge in [-0.2, -0.15) is 5.10 Å². The number of carbonyl (C=O) groups is 2. The molecule has 86 valence electrons. The van der Waals surface area contributed by atoms with E-state index in [0.717, 1.165) is 6.21 Å². The van der Waals surface area contributed by atoms with Gasteiger partial charge in [-0.05, 0) is 12.2 Å². The van der Waals surface area contributed by atoms with E-state index in [9.17, 15) is 9.59 Å². The lowest BCUT2D eigenvalue weighted by Gasteiger charge is -2.13. The lowest BCUT2D eigenvalue weighted by Crippen LogP contribution is -2.17. The fraction of sp³-hybridized carbons (Fsp3) is 0.200. The molecule has 6 heteroatoms. The highest BCUT2D eigenvalue weighted by molar-refractivity contribution is 6.34. The van der Waals surface area contributed by atoms with Crippen LogP contribution in [0, 0.1) is 5.41 Å². The van der Waals surface area contributed by atoms with Crippen molar-refractivity contribution in [3.8, 4) is 0 Å². The van der Waals surface area contributed by atoms with Crippen LogP contribution in [0.4, 0.5) is 0 Å². The minimum Gasteiger partial charge on any atom is -0.392 e. The highest BCUT2D eigenvalue weighted by Gasteiger charge is 2.00. The summed E-state index contributed by atoms with van der Waals surface area (Å²) >= 11 is 0. The zero-order valence-corrected chi connectivity index (χ0v) is 9.18. The van der Waals surface area contributed by atoms with Crippen LogP contribution in [0.1, 0.15) is 0 Å².